The number of fused-ring (bicyclic) bond motifs is 2. The summed E-state index contributed by atoms with van der Waals surface area (Å²) in [6.07, 6.45) is 4.50. The number of rotatable bonds is 3. The van der Waals surface area contributed by atoms with Crippen LogP contribution in [0, 0.1) is 12.3 Å². The molecule has 2 N–H and O–H groups in total. The van der Waals surface area contributed by atoms with Crippen LogP contribution in [-0.2, 0) is 17.7 Å². The number of halogens is 2. The topological polar surface area (TPSA) is 81.4 Å². The molecule has 9 heteroatoms. The van der Waals surface area contributed by atoms with E-state index in [0.29, 0.717) is 34.1 Å². The average Bonchev–Trinajstić information content (AvgIpc) is 3.29. The molecule has 34 heavy (non-hydrogen) atoms. The lowest BCUT2D eigenvalue weighted by Gasteiger charge is -2.53. The van der Waals surface area contributed by atoms with Gasteiger partial charge in [-0.1, -0.05) is 23.2 Å². The normalized spacial score (nSPS) is 19.6. The molecule has 0 bridgehead atoms. The van der Waals surface area contributed by atoms with Crippen LogP contribution in [0.3, 0.4) is 0 Å². The number of nitrogens with one attached hydrogen (secondary N) is 2. The Labute approximate surface area is 207 Å². The van der Waals surface area contributed by atoms with E-state index in [9.17, 15) is 9.59 Å². The van der Waals surface area contributed by atoms with Crippen LogP contribution in [0.5, 0.6) is 0 Å². The maximum absolute atomic E-state index is 13.7. The highest BCUT2D eigenvalue weighted by Gasteiger charge is 2.45. The SMILES string of the molecule is Cc1[nH]c(=O)c(CN2CCc3c(Cl)cc(N4CC5(CCOCC5)C4)c(Cl)c3C2=O)c2cc[nH]c12. The van der Waals surface area contributed by atoms with Gasteiger partial charge in [0.05, 0.1) is 28.3 Å². The Morgan fingerprint density at radius 1 is 1.18 bits per heavy atom. The Morgan fingerprint density at radius 2 is 1.94 bits per heavy atom. The molecular formula is C25H26Cl2N4O3. The predicted octanol–water partition coefficient (Wildman–Crippen LogP) is 4.29. The van der Waals surface area contributed by atoms with Crippen molar-refractivity contribution in [3.63, 3.8) is 0 Å². The number of amides is 1. The number of hydrogen-bond acceptors (Lipinski definition) is 4. The second-order valence-electron chi connectivity index (χ2n) is 9.81. The minimum Gasteiger partial charge on any atom is -0.381 e. The molecule has 2 fully saturated rings. The van der Waals surface area contributed by atoms with Crippen molar-refractivity contribution in [2.45, 2.75) is 32.7 Å². The van der Waals surface area contributed by atoms with Gasteiger partial charge >= 0.3 is 0 Å². The monoisotopic (exact) mass is 500 g/mol. The number of benzene rings is 1. The third kappa shape index (κ3) is 3.36. The molecule has 1 spiro atoms. The summed E-state index contributed by atoms with van der Waals surface area (Å²) >= 11 is 13.5. The molecule has 0 unspecified atom stereocenters. The van der Waals surface area contributed by atoms with Gasteiger partial charge < -0.3 is 24.5 Å². The van der Waals surface area contributed by atoms with Crippen LogP contribution in [0.1, 0.15) is 40.0 Å². The summed E-state index contributed by atoms with van der Waals surface area (Å²) in [7, 11) is 0. The fourth-order valence-corrected chi connectivity index (χ4v) is 6.43. The molecule has 2 aromatic heterocycles. The zero-order chi connectivity index (χ0) is 23.6. The highest BCUT2D eigenvalue weighted by atomic mass is 35.5. The van der Waals surface area contributed by atoms with Gasteiger partial charge in [0.2, 0.25) is 0 Å². The quantitative estimate of drug-likeness (QED) is 0.561. The third-order valence-corrected chi connectivity index (χ3v) is 8.47. The molecule has 1 aromatic carbocycles. The molecule has 0 aliphatic carbocycles. The number of carbonyl (C=O) groups excluding carboxylic acids is 1. The first-order valence-corrected chi connectivity index (χ1v) is 12.4. The van der Waals surface area contributed by atoms with Crippen LogP contribution in [0.4, 0.5) is 5.69 Å². The maximum atomic E-state index is 13.7. The van der Waals surface area contributed by atoms with E-state index in [2.05, 4.69) is 14.9 Å². The van der Waals surface area contributed by atoms with Gasteiger partial charge in [-0.15, -0.1) is 0 Å². The van der Waals surface area contributed by atoms with Gasteiger partial charge in [0.25, 0.3) is 11.5 Å². The highest BCUT2D eigenvalue weighted by Crippen LogP contribution is 2.47. The zero-order valence-electron chi connectivity index (χ0n) is 19.0. The van der Waals surface area contributed by atoms with Gasteiger partial charge in [-0.05, 0) is 43.9 Å². The summed E-state index contributed by atoms with van der Waals surface area (Å²) in [5, 5.41) is 1.87. The summed E-state index contributed by atoms with van der Waals surface area (Å²) in [5.41, 5.74) is 4.40. The molecule has 0 saturated carbocycles. The van der Waals surface area contributed by atoms with Crippen LogP contribution >= 0.6 is 23.2 Å². The van der Waals surface area contributed by atoms with E-state index in [-0.39, 0.29) is 23.4 Å². The summed E-state index contributed by atoms with van der Waals surface area (Å²) in [6, 6.07) is 3.79. The average molecular weight is 501 g/mol. The lowest BCUT2D eigenvalue weighted by atomic mass is 9.73. The minimum absolute atomic E-state index is 0.177. The first kappa shape index (κ1) is 22.0. The fraction of sp³-hybridized carbons (Fsp3) is 0.440. The van der Waals surface area contributed by atoms with E-state index < -0.39 is 0 Å². The van der Waals surface area contributed by atoms with Gasteiger partial charge in [-0.25, -0.2) is 0 Å². The molecule has 3 aliphatic rings. The van der Waals surface area contributed by atoms with Crippen molar-refractivity contribution in [3.05, 3.63) is 61.1 Å². The van der Waals surface area contributed by atoms with Crippen molar-refractivity contribution in [1.29, 1.82) is 0 Å². The smallest absolute Gasteiger partial charge is 0.256 e. The number of H-pyrrole nitrogens is 2. The van der Waals surface area contributed by atoms with Gasteiger partial charge in [-0.2, -0.15) is 0 Å². The molecule has 3 aliphatic heterocycles. The Balaban J connectivity index is 1.32. The Morgan fingerprint density at radius 3 is 2.71 bits per heavy atom. The zero-order valence-corrected chi connectivity index (χ0v) is 20.5. The summed E-state index contributed by atoms with van der Waals surface area (Å²) in [4.78, 5) is 36.4. The standard InChI is InChI=1S/C25H26Cl2N4O3/c1-14-22-15(2-6-28-22)17(23(32)29-14)11-30-7-3-16-18(26)10-19(21(27)20(16)24(30)33)31-12-25(13-31)4-8-34-9-5-25/h2,6,10,28H,3-5,7-9,11-13H2,1H3,(H,29,32). The second-order valence-corrected chi connectivity index (χ2v) is 10.6. The Kier molecular flexibility index (Phi) is 5.20. The number of hydrogen-bond donors (Lipinski definition) is 2. The Bertz CT molecular complexity index is 1360. The molecule has 2 saturated heterocycles. The number of anilines is 1. The summed E-state index contributed by atoms with van der Waals surface area (Å²) in [5.74, 6) is -0.181. The number of carbonyl (C=O) groups is 1. The molecule has 3 aromatic rings. The number of pyridine rings is 1. The first-order chi connectivity index (χ1) is 16.4. The van der Waals surface area contributed by atoms with E-state index in [1.165, 1.54) is 0 Å². The molecule has 0 radical (unpaired) electrons. The maximum Gasteiger partial charge on any atom is 0.256 e. The third-order valence-electron chi connectivity index (χ3n) is 7.75. The number of nitrogens with zero attached hydrogens (tertiary/aromatic N) is 2. The fourth-order valence-electron chi connectivity index (χ4n) is 5.77. The molecular weight excluding hydrogens is 475 g/mol. The molecule has 6 rings (SSSR count). The summed E-state index contributed by atoms with van der Waals surface area (Å²) in [6.45, 7) is 5.94. The van der Waals surface area contributed by atoms with Gasteiger partial charge in [0, 0.05) is 66.1 Å². The predicted molar refractivity (Wildman–Crippen MR) is 133 cm³/mol. The van der Waals surface area contributed by atoms with Gasteiger partial charge in [0.1, 0.15) is 0 Å². The van der Waals surface area contributed by atoms with Crippen LogP contribution in [-0.4, -0.2) is 53.6 Å². The van der Waals surface area contributed by atoms with Crippen molar-refractivity contribution in [2.24, 2.45) is 5.41 Å². The van der Waals surface area contributed by atoms with E-state index in [1.54, 1.807) is 4.90 Å². The largest absolute Gasteiger partial charge is 0.381 e. The molecule has 5 heterocycles. The van der Waals surface area contributed by atoms with Crippen LogP contribution in [0.25, 0.3) is 10.9 Å². The van der Waals surface area contributed by atoms with Crippen molar-refractivity contribution < 1.29 is 9.53 Å². The van der Waals surface area contributed by atoms with Crippen molar-refractivity contribution in [1.82, 2.24) is 14.9 Å². The van der Waals surface area contributed by atoms with Crippen molar-refractivity contribution >= 4 is 45.7 Å². The minimum atomic E-state index is -0.181. The second kappa shape index (κ2) is 8.04. The van der Waals surface area contributed by atoms with E-state index in [4.69, 9.17) is 27.9 Å². The summed E-state index contributed by atoms with van der Waals surface area (Å²) < 4.78 is 5.53. The van der Waals surface area contributed by atoms with Crippen LogP contribution < -0.4 is 10.5 Å². The molecule has 7 nitrogen and oxygen atoms in total. The van der Waals surface area contributed by atoms with E-state index >= 15 is 0 Å². The van der Waals surface area contributed by atoms with E-state index in [1.807, 2.05) is 25.3 Å². The van der Waals surface area contributed by atoms with E-state index in [0.717, 1.165) is 67.0 Å². The number of aryl methyl sites for hydroxylation is 1. The lowest BCUT2D eigenvalue weighted by molar-refractivity contribution is -0.000186. The molecule has 0 atom stereocenters. The number of ether oxygens (including phenoxy) is 1. The number of aromatic amines is 2. The van der Waals surface area contributed by atoms with Crippen LogP contribution in [0.2, 0.25) is 10.0 Å². The van der Waals surface area contributed by atoms with Crippen LogP contribution in [0.15, 0.2) is 23.1 Å². The number of aromatic nitrogens is 2. The molecule has 178 valence electrons. The van der Waals surface area contributed by atoms with Gasteiger partial charge in [-0.3, -0.25) is 9.59 Å². The molecule has 1 amide bonds. The van der Waals surface area contributed by atoms with Gasteiger partial charge in [0.15, 0.2) is 0 Å². The van der Waals surface area contributed by atoms with Crippen molar-refractivity contribution in [2.75, 3.05) is 37.7 Å². The lowest BCUT2D eigenvalue weighted by Crippen LogP contribution is -2.58. The highest BCUT2D eigenvalue weighted by molar-refractivity contribution is 6.39. The first-order valence-electron chi connectivity index (χ1n) is 11.7. The Hall–Kier alpha value is -2.48. The van der Waals surface area contributed by atoms with Crippen molar-refractivity contribution in [3.8, 4) is 0 Å².